The molecule has 1 spiro atoms. The number of aliphatic hydroxyl groups is 1. The first-order valence-corrected chi connectivity index (χ1v) is 4.32. The maximum absolute atomic E-state index is 8.79. The molecule has 3 nitrogen and oxygen atoms in total. The first-order chi connectivity index (χ1) is 5.35. The minimum atomic E-state index is 0. The molecule has 2 rings (SSSR count). The molecule has 0 aromatic heterocycles. The van der Waals surface area contributed by atoms with Gasteiger partial charge in [0.25, 0.3) is 0 Å². The van der Waals surface area contributed by atoms with E-state index in [9.17, 15) is 0 Å². The molecular weight excluding hydrogens is 178 g/mol. The summed E-state index contributed by atoms with van der Waals surface area (Å²) in [5.41, 5.74) is 0.297. The summed E-state index contributed by atoms with van der Waals surface area (Å²) in [5, 5.41) is 12.2. The molecule has 2 fully saturated rings. The van der Waals surface area contributed by atoms with Crippen LogP contribution in [0, 0.1) is 0 Å². The van der Waals surface area contributed by atoms with Gasteiger partial charge in [0.2, 0.25) is 0 Å². The SMILES string of the molecule is Cl.OCC1CNC2(CCC2)CO1. The summed E-state index contributed by atoms with van der Waals surface area (Å²) in [7, 11) is 0. The van der Waals surface area contributed by atoms with Crippen molar-refractivity contribution < 1.29 is 9.84 Å². The van der Waals surface area contributed by atoms with Crippen LogP contribution >= 0.6 is 12.4 Å². The van der Waals surface area contributed by atoms with E-state index >= 15 is 0 Å². The van der Waals surface area contributed by atoms with Crippen molar-refractivity contribution >= 4 is 12.4 Å². The van der Waals surface area contributed by atoms with Crippen LogP contribution in [0.2, 0.25) is 0 Å². The molecule has 12 heavy (non-hydrogen) atoms. The molecule has 1 saturated heterocycles. The third-order valence-corrected chi connectivity index (χ3v) is 2.81. The molecule has 1 saturated carbocycles. The molecule has 2 N–H and O–H groups in total. The van der Waals surface area contributed by atoms with Crippen LogP contribution < -0.4 is 5.32 Å². The van der Waals surface area contributed by atoms with E-state index in [1.807, 2.05) is 0 Å². The standard InChI is InChI=1S/C8H15NO2.ClH/c10-5-7-4-9-8(6-11-7)2-1-3-8;/h7,9-10H,1-6H2;1H. The molecule has 4 heteroatoms. The van der Waals surface area contributed by atoms with Gasteiger partial charge in [-0.2, -0.15) is 0 Å². The predicted molar refractivity (Wildman–Crippen MR) is 48.7 cm³/mol. The van der Waals surface area contributed by atoms with Gasteiger partial charge in [-0.1, -0.05) is 0 Å². The van der Waals surface area contributed by atoms with Crippen LogP contribution in [0.1, 0.15) is 19.3 Å². The lowest BCUT2D eigenvalue weighted by molar-refractivity contribution is -0.0777. The van der Waals surface area contributed by atoms with Gasteiger partial charge in [-0.15, -0.1) is 12.4 Å². The highest BCUT2D eigenvalue weighted by atomic mass is 35.5. The fourth-order valence-electron chi connectivity index (χ4n) is 1.76. The molecular formula is C8H16ClNO2. The number of aliphatic hydroxyl groups excluding tert-OH is 1. The second-order valence-electron chi connectivity index (χ2n) is 3.63. The molecule has 0 bridgehead atoms. The van der Waals surface area contributed by atoms with Crippen LogP contribution in [0.15, 0.2) is 0 Å². The van der Waals surface area contributed by atoms with Crippen molar-refractivity contribution in [3.05, 3.63) is 0 Å². The second-order valence-corrected chi connectivity index (χ2v) is 3.63. The molecule has 0 amide bonds. The van der Waals surface area contributed by atoms with Crippen LogP contribution in [0.3, 0.4) is 0 Å². The van der Waals surface area contributed by atoms with E-state index in [2.05, 4.69) is 5.32 Å². The monoisotopic (exact) mass is 193 g/mol. The average molecular weight is 194 g/mol. The van der Waals surface area contributed by atoms with Crippen molar-refractivity contribution in [2.24, 2.45) is 0 Å². The molecule has 0 radical (unpaired) electrons. The van der Waals surface area contributed by atoms with Crippen molar-refractivity contribution in [2.45, 2.75) is 30.9 Å². The highest BCUT2D eigenvalue weighted by Gasteiger charge is 2.40. The number of hydrogen-bond acceptors (Lipinski definition) is 3. The van der Waals surface area contributed by atoms with Gasteiger partial charge in [-0.05, 0) is 19.3 Å². The largest absolute Gasteiger partial charge is 0.394 e. The Bertz CT molecular complexity index is 140. The van der Waals surface area contributed by atoms with Crippen molar-refractivity contribution in [3.63, 3.8) is 0 Å². The molecule has 72 valence electrons. The summed E-state index contributed by atoms with van der Waals surface area (Å²) in [4.78, 5) is 0. The zero-order chi connectivity index (χ0) is 7.73. The Labute approximate surface area is 78.9 Å². The zero-order valence-corrected chi connectivity index (χ0v) is 7.90. The van der Waals surface area contributed by atoms with Gasteiger partial charge in [0, 0.05) is 12.1 Å². The fourth-order valence-corrected chi connectivity index (χ4v) is 1.76. The molecule has 2 aliphatic rings. The number of nitrogens with one attached hydrogen (secondary N) is 1. The van der Waals surface area contributed by atoms with E-state index in [-0.39, 0.29) is 25.1 Å². The van der Waals surface area contributed by atoms with Crippen LogP contribution in [0.25, 0.3) is 0 Å². The van der Waals surface area contributed by atoms with Gasteiger partial charge in [-0.25, -0.2) is 0 Å². The highest BCUT2D eigenvalue weighted by molar-refractivity contribution is 5.85. The minimum Gasteiger partial charge on any atom is -0.394 e. The molecule has 0 aromatic carbocycles. The number of rotatable bonds is 1. The number of morpholine rings is 1. The summed E-state index contributed by atoms with van der Waals surface area (Å²) < 4.78 is 5.47. The van der Waals surface area contributed by atoms with Crippen molar-refractivity contribution in [2.75, 3.05) is 19.8 Å². The minimum absolute atomic E-state index is 0. The Hall–Kier alpha value is 0.170. The lowest BCUT2D eigenvalue weighted by Crippen LogP contribution is -2.61. The van der Waals surface area contributed by atoms with Gasteiger partial charge in [0.1, 0.15) is 0 Å². The quantitative estimate of drug-likeness (QED) is 0.630. The third kappa shape index (κ3) is 1.74. The van der Waals surface area contributed by atoms with E-state index in [1.54, 1.807) is 0 Å². The van der Waals surface area contributed by atoms with Crippen LogP contribution in [-0.2, 0) is 4.74 Å². The van der Waals surface area contributed by atoms with Crippen LogP contribution in [-0.4, -0.2) is 36.5 Å². The van der Waals surface area contributed by atoms with Gasteiger partial charge in [0.15, 0.2) is 0 Å². The normalized spacial score (nSPS) is 32.2. The Morgan fingerprint density at radius 1 is 1.50 bits per heavy atom. The van der Waals surface area contributed by atoms with E-state index in [0.717, 1.165) is 13.2 Å². The maximum Gasteiger partial charge on any atom is 0.0930 e. The topological polar surface area (TPSA) is 41.5 Å². The number of hydrogen-bond donors (Lipinski definition) is 2. The first kappa shape index (κ1) is 10.3. The smallest absolute Gasteiger partial charge is 0.0930 e. The molecule has 1 aliphatic heterocycles. The molecule has 1 atom stereocenters. The molecule has 1 unspecified atom stereocenters. The first-order valence-electron chi connectivity index (χ1n) is 4.32. The third-order valence-electron chi connectivity index (χ3n) is 2.81. The second kappa shape index (κ2) is 3.92. The maximum atomic E-state index is 8.79. The Morgan fingerprint density at radius 3 is 2.58 bits per heavy atom. The molecule has 1 aliphatic carbocycles. The summed E-state index contributed by atoms with van der Waals surface area (Å²) in [5.74, 6) is 0. The summed E-state index contributed by atoms with van der Waals surface area (Å²) in [6.45, 7) is 1.75. The highest BCUT2D eigenvalue weighted by Crippen LogP contribution is 2.33. The van der Waals surface area contributed by atoms with E-state index < -0.39 is 0 Å². The number of halogens is 1. The van der Waals surface area contributed by atoms with Crippen LogP contribution in [0.4, 0.5) is 0 Å². The fraction of sp³-hybridized carbons (Fsp3) is 1.00. The van der Waals surface area contributed by atoms with Crippen molar-refractivity contribution in [1.82, 2.24) is 5.32 Å². The lowest BCUT2D eigenvalue weighted by Gasteiger charge is -2.47. The summed E-state index contributed by atoms with van der Waals surface area (Å²) in [6.07, 6.45) is 3.83. The van der Waals surface area contributed by atoms with E-state index in [4.69, 9.17) is 9.84 Å². The van der Waals surface area contributed by atoms with Gasteiger partial charge in [-0.3, -0.25) is 0 Å². The Morgan fingerprint density at radius 2 is 2.25 bits per heavy atom. The Kier molecular flexibility index (Phi) is 3.35. The molecule has 1 heterocycles. The predicted octanol–water partition coefficient (Wildman–Crippen LogP) is 0.312. The van der Waals surface area contributed by atoms with Crippen molar-refractivity contribution in [1.29, 1.82) is 0 Å². The number of ether oxygens (including phenoxy) is 1. The lowest BCUT2D eigenvalue weighted by atomic mass is 9.76. The van der Waals surface area contributed by atoms with Crippen molar-refractivity contribution in [3.8, 4) is 0 Å². The molecule has 0 aromatic rings. The summed E-state index contributed by atoms with van der Waals surface area (Å²) in [6, 6.07) is 0. The average Bonchev–Trinajstić information content (AvgIpc) is 2.02. The van der Waals surface area contributed by atoms with E-state index in [1.165, 1.54) is 19.3 Å². The van der Waals surface area contributed by atoms with Gasteiger partial charge >= 0.3 is 0 Å². The zero-order valence-electron chi connectivity index (χ0n) is 7.08. The van der Waals surface area contributed by atoms with Gasteiger partial charge in [0.05, 0.1) is 19.3 Å². The van der Waals surface area contributed by atoms with Gasteiger partial charge < -0.3 is 15.2 Å². The summed E-state index contributed by atoms with van der Waals surface area (Å²) >= 11 is 0. The van der Waals surface area contributed by atoms with E-state index in [0.29, 0.717) is 5.54 Å². The Balaban J connectivity index is 0.000000720. The van der Waals surface area contributed by atoms with Crippen LogP contribution in [0.5, 0.6) is 0 Å².